The Labute approximate surface area is 116 Å². The summed E-state index contributed by atoms with van der Waals surface area (Å²) in [6, 6.07) is 0.421. The summed E-state index contributed by atoms with van der Waals surface area (Å²) < 4.78 is 5.55. The van der Waals surface area contributed by atoms with E-state index in [1.165, 1.54) is 32.1 Å². The van der Waals surface area contributed by atoms with Crippen molar-refractivity contribution in [2.75, 3.05) is 26.3 Å². The highest BCUT2D eigenvalue weighted by atomic mass is 16.5. The minimum atomic E-state index is 0.144. The molecule has 0 heterocycles. The first kappa shape index (κ1) is 14.8. The van der Waals surface area contributed by atoms with Crippen molar-refractivity contribution in [1.29, 1.82) is 0 Å². The minimum absolute atomic E-state index is 0.144. The Morgan fingerprint density at radius 3 is 2.63 bits per heavy atom. The van der Waals surface area contributed by atoms with E-state index < -0.39 is 0 Å². The Kier molecular flexibility index (Phi) is 6.65. The van der Waals surface area contributed by atoms with Gasteiger partial charge in [0.05, 0.1) is 6.54 Å². The zero-order valence-electron chi connectivity index (χ0n) is 12.0. The lowest BCUT2D eigenvalue weighted by Crippen LogP contribution is -2.41. The van der Waals surface area contributed by atoms with Crippen LogP contribution in [0.2, 0.25) is 0 Å². The van der Waals surface area contributed by atoms with Gasteiger partial charge in [-0.15, -0.1) is 0 Å². The van der Waals surface area contributed by atoms with Crippen LogP contribution in [0.25, 0.3) is 0 Å². The number of nitrogens with one attached hydrogen (secondary N) is 2. The van der Waals surface area contributed by atoms with E-state index in [0.717, 1.165) is 44.9 Å². The Morgan fingerprint density at radius 1 is 1.11 bits per heavy atom. The molecule has 2 fully saturated rings. The SMILES string of the molecule is O=C(CNCCCOCC1CC1)NC1CCCCC1. The van der Waals surface area contributed by atoms with Crippen LogP contribution in [0.3, 0.4) is 0 Å². The van der Waals surface area contributed by atoms with Crippen LogP contribution < -0.4 is 10.6 Å². The third-order valence-corrected chi connectivity index (χ3v) is 3.95. The molecule has 4 nitrogen and oxygen atoms in total. The molecule has 4 heteroatoms. The minimum Gasteiger partial charge on any atom is -0.381 e. The fourth-order valence-corrected chi connectivity index (χ4v) is 2.56. The van der Waals surface area contributed by atoms with E-state index >= 15 is 0 Å². The maximum absolute atomic E-state index is 11.7. The predicted octanol–water partition coefficient (Wildman–Crippen LogP) is 1.84. The number of rotatable bonds is 9. The van der Waals surface area contributed by atoms with E-state index in [-0.39, 0.29) is 5.91 Å². The Bertz CT molecular complexity index is 261. The highest BCUT2D eigenvalue weighted by Gasteiger charge is 2.20. The summed E-state index contributed by atoms with van der Waals surface area (Å²) >= 11 is 0. The molecule has 2 aliphatic carbocycles. The fourth-order valence-electron chi connectivity index (χ4n) is 2.56. The summed E-state index contributed by atoms with van der Waals surface area (Å²) in [6.45, 7) is 3.05. The average molecular weight is 268 g/mol. The first-order chi connectivity index (χ1) is 9.34. The van der Waals surface area contributed by atoms with E-state index in [0.29, 0.717) is 12.6 Å². The van der Waals surface area contributed by atoms with Gasteiger partial charge in [-0.3, -0.25) is 4.79 Å². The van der Waals surface area contributed by atoms with Crippen LogP contribution in [0.5, 0.6) is 0 Å². The smallest absolute Gasteiger partial charge is 0.234 e. The summed E-state index contributed by atoms with van der Waals surface area (Å²) in [5.41, 5.74) is 0. The van der Waals surface area contributed by atoms with E-state index in [1.807, 2.05) is 0 Å². The van der Waals surface area contributed by atoms with E-state index in [4.69, 9.17) is 4.74 Å². The first-order valence-corrected chi connectivity index (χ1v) is 7.92. The van der Waals surface area contributed by atoms with Crippen molar-refractivity contribution in [3.05, 3.63) is 0 Å². The first-order valence-electron chi connectivity index (χ1n) is 7.92. The van der Waals surface area contributed by atoms with Crippen molar-refractivity contribution in [2.24, 2.45) is 5.92 Å². The second-order valence-electron chi connectivity index (χ2n) is 5.95. The van der Waals surface area contributed by atoms with Crippen LogP contribution in [0, 0.1) is 5.92 Å². The topological polar surface area (TPSA) is 50.4 Å². The maximum atomic E-state index is 11.7. The third kappa shape index (κ3) is 6.92. The normalized spacial score (nSPS) is 20.4. The van der Waals surface area contributed by atoms with Crippen LogP contribution >= 0.6 is 0 Å². The number of ether oxygens (including phenoxy) is 1. The van der Waals surface area contributed by atoms with Gasteiger partial charge < -0.3 is 15.4 Å². The van der Waals surface area contributed by atoms with Gasteiger partial charge in [0.1, 0.15) is 0 Å². The highest BCUT2D eigenvalue weighted by molar-refractivity contribution is 5.78. The standard InChI is InChI=1S/C15H28N2O2/c18-15(17-14-5-2-1-3-6-14)11-16-9-4-10-19-12-13-7-8-13/h13-14,16H,1-12H2,(H,17,18). The Balaban J connectivity index is 1.38. The lowest BCUT2D eigenvalue weighted by molar-refractivity contribution is -0.121. The molecule has 0 aromatic rings. The number of carbonyl (C=O) groups excluding carboxylic acids is 1. The molecule has 0 bridgehead atoms. The molecule has 2 N–H and O–H groups in total. The number of hydrogen-bond acceptors (Lipinski definition) is 3. The van der Waals surface area contributed by atoms with Crippen molar-refractivity contribution in [3.63, 3.8) is 0 Å². The van der Waals surface area contributed by atoms with Crippen molar-refractivity contribution in [1.82, 2.24) is 10.6 Å². The van der Waals surface area contributed by atoms with Gasteiger partial charge in [-0.25, -0.2) is 0 Å². The van der Waals surface area contributed by atoms with Gasteiger partial charge in [0, 0.05) is 19.3 Å². The molecule has 0 spiro atoms. The van der Waals surface area contributed by atoms with Crippen LogP contribution in [0.4, 0.5) is 0 Å². The van der Waals surface area contributed by atoms with Crippen molar-refractivity contribution in [3.8, 4) is 0 Å². The zero-order valence-corrected chi connectivity index (χ0v) is 12.0. The molecule has 0 aromatic heterocycles. The Morgan fingerprint density at radius 2 is 1.89 bits per heavy atom. The average Bonchev–Trinajstić information content (AvgIpc) is 3.23. The molecular formula is C15H28N2O2. The second kappa shape index (κ2) is 8.54. The molecule has 2 saturated carbocycles. The molecule has 0 radical (unpaired) electrons. The van der Waals surface area contributed by atoms with Gasteiger partial charge in [-0.05, 0) is 44.6 Å². The fraction of sp³-hybridized carbons (Fsp3) is 0.933. The van der Waals surface area contributed by atoms with Crippen LogP contribution in [0.1, 0.15) is 51.4 Å². The quantitative estimate of drug-likeness (QED) is 0.627. The molecule has 0 saturated heterocycles. The zero-order chi connectivity index (χ0) is 13.3. The van der Waals surface area contributed by atoms with Crippen LogP contribution in [0.15, 0.2) is 0 Å². The van der Waals surface area contributed by atoms with Gasteiger partial charge >= 0.3 is 0 Å². The summed E-state index contributed by atoms with van der Waals surface area (Å²) in [5.74, 6) is 0.986. The summed E-state index contributed by atoms with van der Waals surface area (Å²) in [5, 5.41) is 6.30. The largest absolute Gasteiger partial charge is 0.381 e. The van der Waals surface area contributed by atoms with Gasteiger partial charge in [0.2, 0.25) is 5.91 Å². The molecule has 0 unspecified atom stereocenters. The third-order valence-electron chi connectivity index (χ3n) is 3.95. The van der Waals surface area contributed by atoms with Crippen LogP contribution in [-0.4, -0.2) is 38.3 Å². The lowest BCUT2D eigenvalue weighted by atomic mass is 9.95. The molecular weight excluding hydrogens is 240 g/mol. The van der Waals surface area contributed by atoms with Crippen molar-refractivity contribution in [2.45, 2.75) is 57.4 Å². The second-order valence-corrected chi connectivity index (χ2v) is 5.95. The van der Waals surface area contributed by atoms with Crippen molar-refractivity contribution >= 4 is 5.91 Å². The Hall–Kier alpha value is -0.610. The van der Waals surface area contributed by atoms with Crippen LogP contribution in [-0.2, 0) is 9.53 Å². The molecule has 0 aromatic carbocycles. The molecule has 1 amide bonds. The number of hydrogen-bond donors (Lipinski definition) is 2. The monoisotopic (exact) mass is 268 g/mol. The lowest BCUT2D eigenvalue weighted by Gasteiger charge is -2.22. The highest BCUT2D eigenvalue weighted by Crippen LogP contribution is 2.28. The van der Waals surface area contributed by atoms with E-state index in [1.54, 1.807) is 0 Å². The number of carbonyl (C=O) groups is 1. The summed E-state index contributed by atoms with van der Waals surface area (Å²) in [6.07, 6.45) is 9.84. The molecule has 110 valence electrons. The molecule has 19 heavy (non-hydrogen) atoms. The summed E-state index contributed by atoms with van der Waals surface area (Å²) in [4.78, 5) is 11.7. The molecule has 2 rings (SSSR count). The summed E-state index contributed by atoms with van der Waals surface area (Å²) in [7, 11) is 0. The van der Waals surface area contributed by atoms with E-state index in [2.05, 4.69) is 10.6 Å². The van der Waals surface area contributed by atoms with Crippen molar-refractivity contribution < 1.29 is 9.53 Å². The number of amides is 1. The molecule has 0 aliphatic heterocycles. The van der Waals surface area contributed by atoms with E-state index in [9.17, 15) is 4.79 Å². The van der Waals surface area contributed by atoms with Gasteiger partial charge in [0.25, 0.3) is 0 Å². The maximum Gasteiger partial charge on any atom is 0.234 e. The van der Waals surface area contributed by atoms with Gasteiger partial charge in [-0.2, -0.15) is 0 Å². The predicted molar refractivity (Wildman–Crippen MR) is 76.0 cm³/mol. The molecule has 0 atom stereocenters. The molecule has 2 aliphatic rings. The van der Waals surface area contributed by atoms with Gasteiger partial charge in [0.15, 0.2) is 0 Å². The van der Waals surface area contributed by atoms with Gasteiger partial charge in [-0.1, -0.05) is 19.3 Å².